The molecule has 0 aliphatic carbocycles. The number of benzene rings is 3. The first-order chi connectivity index (χ1) is 15.8. The van der Waals surface area contributed by atoms with Gasteiger partial charge in [0.15, 0.2) is 0 Å². The zero-order chi connectivity index (χ0) is 23.7. The van der Waals surface area contributed by atoms with Gasteiger partial charge in [0.2, 0.25) is 0 Å². The lowest BCUT2D eigenvalue weighted by Crippen LogP contribution is -2.11. The molecule has 0 fully saturated rings. The van der Waals surface area contributed by atoms with Crippen molar-refractivity contribution in [3.63, 3.8) is 0 Å². The molecule has 4 rings (SSSR count). The first kappa shape index (κ1) is 22.8. The third-order valence-corrected chi connectivity index (χ3v) is 5.71. The van der Waals surface area contributed by atoms with Gasteiger partial charge in [-0.2, -0.15) is 0 Å². The molecule has 166 valence electrons. The molecular weight excluding hydrogens is 461 g/mol. The molecule has 0 aliphatic rings. The van der Waals surface area contributed by atoms with Crippen LogP contribution >= 0.6 is 23.2 Å². The maximum atomic E-state index is 13.3. The van der Waals surface area contributed by atoms with Crippen molar-refractivity contribution in [3.05, 3.63) is 93.0 Å². The largest absolute Gasteiger partial charge is 0.465 e. The van der Waals surface area contributed by atoms with Gasteiger partial charge in [0.25, 0.3) is 0 Å². The van der Waals surface area contributed by atoms with Crippen LogP contribution in [0.5, 0.6) is 5.75 Å². The predicted octanol–water partition coefficient (Wildman–Crippen LogP) is 6.83. The number of rotatable bonds is 4. The van der Waals surface area contributed by atoms with Gasteiger partial charge >= 0.3 is 11.9 Å². The van der Waals surface area contributed by atoms with E-state index in [9.17, 15) is 9.59 Å². The van der Waals surface area contributed by atoms with Crippen molar-refractivity contribution in [3.8, 4) is 17.0 Å². The third-order valence-electron chi connectivity index (χ3n) is 5.16. The maximum absolute atomic E-state index is 13.3. The van der Waals surface area contributed by atoms with Crippen molar-refractivity contribution in [2.24, 2.45) is 0 Å². The first-order valence-electron chi connectivity index (χ1n) is 10.0. The van der Waals surface area contributed by atoms with Crippen LogP contribution in [0.3, 0.4) is 0 Å². The van der Waals surface area contributed by atoms with Crippen LogP contribution in [0.15, 0.2) is 60.7 Å². The fourth-order valence-electron chi connectivity index (χ4n) is 3.62. The van der Waals surface area contributed by atoms with Gasteiger partial charge in [0, 0.05) is 16.0 Å². The molecule has 33 heavy (non-hydrogen) atoms. The number of carbonyl (C=O) groups excluding carboxylic acids is 2. The maximum Gasteiger partial charge on any atom is 0.344 e. The minimum Gasteiger partial charge on any atom is -0.465 e. The summed E-state index contributed by atoms with van der Waals surface area (Å²) in [4.78, 5) is 29.7. The molecule has 0 aliphatic heterocycles. The van der Waals surface area contributed by atoms with Crippen molar-refractivity contribution in [2.45, 2.75) is 13.8 Å². The van der Waals surface area contributed by atoms with Crippen LogP contribution in [-0.4, -0.2) is 24.0 Å². The van der Waals surface area contributed by atoms with E-state index in [1.165, 1.54) is 19.2 Å². The smallest absolute Gasteiger partial charge is 0.344 e. The summed E-state index contributed by atoms with van der Waals surface area (Å²) in [6.07, 6.45) is 0. The van der Waals surface area contributed by atoms with E-state index >= 15 is 0 Å². The molecule has 4 aromatic rings. The van der Waals surface area contributed by atoms with E-state index < -0.39 is 11.9 Å². The van der Waals surface area contributed by atoms with Crippen molar-refractivity contribution in [2.75, 3.05) is 7.11 Å². The Bertz CT molecular complexity index is 1400. The Morgan fingerprint density at radius 2 is 1.61 bits per heavy atom. The van der Waals surface area contributed by atoms with Crippen molar-refractivity contribution < 1.29 is 19.1 Å². The highest BCUT2D eigenvalue weighted by Gasteiger charge is 2.19. The van der Waals surface area contributed by atoms with Gasteiger partial charge in [0.1, 0.15) is 5.75 Å². The molecule has 5 nitrogen and oxygen atoms in total. The summed E-state index contributed by atoms with van der Waals surface area (Å²) in [7, 11) is 1.30. The standard InChI is InChI=1S/C26H19Cl2NO4/c1-14-10-15(2)24-20(11-14)21(13-23(29-24)19-9-6-17(27)12-22(19)28)26(31)33-18-7-4-16(5-8-18)25(30)32-3/h4-13H,1-3H3. The molecule has 0 spiro atoms. The number of ether oxygens (including phenoxy) is 2. The number of hydrogen-bond donors (Lipinski definition) is 0. The number of esters is 2. The number of methoxy groups -OCH3 is 1. The van der Waals surface area contributed by atoms with Crippen LogP contribution < -0.4 is 4.74 Å². The number of aromatic nitrogens is 1. The summed E-state index contributed by atoms with van der Waals surface area (Å²) >= 11 is 12.5. The van der Waals surface area contributed by atoms with Crippen LogP contribution in [0, 0.1) is 13.8 Å². The molecule has 3 aromatic carbocycles. The SMILES string of the molecule is COC(=O)c1ccc(OC(=O)c2cc(-c3ccc(Cl)cc3Cl)nc3c(C)cc(C)cc23)cc1. The molecular formula is C26H19Cl2NO4. The highest BCUT2D eigenvalue weighted by atomic mass is 35.5. The zero-order valence-electron chi connectivity index (χ0n) is 18.1. The van der Waals surface area contributed by atoms with E-state index in [1.807, 2.05) is 26.0 Å². The molecule has 0 amide bonds. The molecule has 0 N–H and O–H groups in total. The molecule has 0 bridgehead atoms. The molecule has 0 unspecified atom stereocenters. The monoisotopic (exact) mass is 479 g/mol. The Balaban J connectivity index is 1.81. The van der Waals surface area contributed by atoms with E-state index in [0.29, 0.717) is 49.1 Å². The van der Waals surface area contributed by atoms with Gasteiger partial charge in [0.05, 0.1) is 34.5 Å². The number of fused-ring (bicyclic) bond motifs is 1. The summed E-state index contributed by atoms with van der Waals surface area (Å²) in [6, 6.07) is 16.8. The van der Waals surface area contributed by atoms with Gasteiger partial charge in [-0.25, -0.2) is 14.6 Å². The number of pyridine rings is 1. The second kappa shape index (κ2) is 9.22. The van der Waals surface area contributed by atoms with E-state index in [4.69, 9.17) is 37.7 Å². The van der Waals surface area contributed by atoms with Gasteiger partial charge in [-0.15, -0.1) is 0 Å². The fourth-order valence-corrected chi connectivity index (χ4v) is 4.13. The molecule has 1 aromatic heterocycles. The predicted molar refractivity (Wildman–Crippen MR) is 129 cm³/mol. The zero-order valence-corrected chi connectivity index (χ0v) is 19.6. The number of nitrogens with zero attached hydrogens (tertiary/aromatic N) is 1. The van der Waals surface area contributed by atoms with Crippen molar-refractivity contribution in [1.82, 2.24) is 4.98 Å². The summed E-state index contributed by atoms with van der Waals surface area (Å²) in [5.41, 5.74) is 4.49. The highest BCUT2D eigenvalue weighted by Crippen LogP contribution is 2.33. The number of aryl methyl sites for hydroxylation is 2. The van der Waals surface area contributed by atoms with E-state index in [-0.39, 0.29) is 0 Å². The van der Waals surface area contributed by atoms with E-state index in [1.54, 1.807) is 36.4 Å². The minimum absolute atomic E-state index is 0.299. The molecule has 0 radical (unpaired) electrons. The minimum atomic E-state index is -0.551. The molecule has 7 heteroatoms. The van der Waals surface area contributed by atoms with Crippen molar-refractivity contribution >= 4 is 46.0 Å². The summed E-state index contributed by atoms with van der Waals surface area (Å²) in [5.74, 6) is -0.721. The van der Waals surface area contributed by atoms with Gasteiger partial charge in [-0.3, -0.25) is 0 Å². The van der Waals surface area contributed by atoms with E-state index in [2.05, 4.69) is 0 Å². The number of hydrogen-bond acceptors (Lipinski definition) is 5. The van der Waals surface area contributed by atoms with Crippen molar-refractivity contribution in [1.29, 1.82) is 0 Å². The van der Waals surface area contributed by atoms with E-state index in [0.717, 1.165) is 11.1 Å². The normalized spacial score (nSPS) is 10.8. The molecule has 0 saturated heterocycles. The van der Waals surface area contributed by atoms with Gasteiger partial charge < -0.3 is 9.47 Å². The van der Waals surface area contributed by atoms with Crippen LogP contribution in [0.2, 0.25) is 10.0 Å². The second-order valence-corrected chi connectivity index (χ2v) is 8.41. The Hall–Kier alpha value is -3.41. The van der Waals surface area contributed by atoms with Crippen LogP contribution in [0.25, 0.3) is 22.2 Å². The lowest BCUT2D eigenvalue weighted by molar-refractivity contribution is 0.0600. The summed E-state index contributed by atoms with van der Waals surface area (Å²) < 4.78 is 10.3. The molecule has 0 saturated carbocycles. The first-order valence-corrected chi connectivity index (χ1v) is 10.8. The van der Waals surface area contributed by atoms with Crippen LogP contribution in [-0.2, 0) is 4.74 Å². The third kappa shape index (κ3) is 4.70. The average molecular weight is 480 g/mol. The topological polar surface area (TPSA) is 65.5 Å². The molecule has 1 heterocycles. The molecule has 0 atom stereocenters. The average Bonchev–Trinajstić information content (AvgIpc) is 2.78. The Morgan fingerprint density at radius 3 is 2.27 bits per heavy atom. The Kier molecular flexibility index (Phi) is 6.36. The summed E-state index contributed by atoms with van der Waals surface area (Å²) in [6.45, 7) is 3.90. The Morgan fingerprint density at radius 1 is 0.879 bits per heavy atom. The van der Waals surface area contributed by atoms with Crippen LogP contribution in [0.1, 0.15) is 31.8 Å². The van der Waals surface area contributed by atoms with Gasteiger partial charge in [-0.05, 0) is 74.0 Å². The van der Waals surface area contributed by atoms with Gasteiger partial charge in [-0.1, -0.05) is 34.8 Å². The second-order valence-electron chi connectivity index (χ2n) is 7.56. The fraction of sp³-hybridized carbons (Fsp3) is 0.115. The Labute approximate surface area is 200 Å². The lowest BCUT2D eigenvalue weighted by atomic mass is 10.00. The quantitative estimate of drug-likeness (QED) is 0.237. The summed E-state index contributed by atoms with van der Waals surface area (Å²) in [5, 5.41) is 1.61. The van der Waals surface area contributed by atoms with Crippen LogP contribution in [0.4, 0.5) is 0 Å². The number of carbonyl (C=O) groups is 2. The number of halogens is 2. The highest BCUT2D eigenvalue weighted by molar-refractivity contribution is 6.36. The lowest BCUT2D eigenvalue weighted by Gasteiger charge is -2.13.